The Kier molecular flexibility index (Phi) is 13.8. The van der Waals surface area contributed by atoms with E-state index >= 15 is 4.79 Å². The smallest absolute Gasteiger partial charge is 0.293 e. The third-order valence-electron chi connectivity index (χ3n) is 10.9. The van der Waals surface area contributed by atoms with Crippen LogP contribution in [0.5, 0.6) is 5.75 Å². The molecule has 1 fully saturated rings. The van der Waals surface area contributed by atoms with Gasteiger partial charge in [0, 0.05) is 76.0 Å². The minimum atomic E-state index is -0.348. The SMILES string of the molecule is COCCOc1ccc(N2CCC(N(C)CCCOC=O)CC2)c(NC(=O)c2[nH]c3cc(Cl)ccc3c2-c2c(-c3ccccc3)ncn2C(C)c2ccc(Cl)cc2Cl)c1. The first-order chi connectivity index (χ1) is 28.7. The van der Waals surface area contributed by atoms with Gasteiger partial charge in [-0.05, 0) is 75.2 Å². The van der Waals surface area contributed by atoms with Gasteiger partial charge in [-0.25, -0.2) is 4.98 Å². The van der Waals surface area contributed by atoms with Crippen molar-refractivity contribution in [3.8, 4) is 28.3 Å². The van der Waals surface area contributed by atoms with Crippen molar-refractivity contribution < 1.29 is 23.8 Å². The van der Waals surface area contributed by atoms with E-state index in [2.05, 4.69) is 31.7 Å². The number of hydrogen-bond donors (Lipinski definition) is 2. The van der Waals surface area contributed by atoms with Crippen LogP contribution in [-0.2, 0) is 14.3 Å². The number of ether oxygens (including phenoxy) is 3. The summed E-state index contributed by atoms with van der Waals surface area (Å²) in [5, 5.41) is 5.68. The fourth-order valence-corrected chi connectivity index (χ4v) is 8.61. The molecule has 1 unspecified atom stereocenters. The Labute approximate surface area is 359 Å². The Bertz CT molecular complexity index is 2390. The average molecular weight is 858 g/mol. The van der Waals surface area contributed by atoms with Gasteiger partial charge in [-0.15, -0.1) is 0 Å². The second-order valence-electron chi connectivity index (χ2n) is 14.6. The molecule has 11 nitrogen and oxygen atoms in total. The molecule has 14 heteroatoms. The van der Waals surface area contributed by atoms with Crippen LogP contribution in [0.2, 0.25) is 15.1 Å². The highest BCUT2D eigenvalue weighted by Crippen LogP contribution is 2.43. The van der Waals surface area contributed by atoms with Crippen molar-refractivity contribution in [3.63, 3.8) is 0 Å². The maximum Gasteiger partial charge on any atom is 0.293 e. The number of nitrogens with one attached hydrogen (secondary N) is 2. The van der Waals surface area contributed by atoms with Crippen LogP contribution in [-0.4, -0.2) is 91.5 Å². The first kappa shape index (κ1) is 42.1. The molecule has 0 radical (unpaired) electrons. The molecule has 4 aromatic carbocycles. The van der Waals surface area contributed by atoms with E-state index in [4.69, 9.17) is 54.0 Å². The molecule has 1 saturated heterocycles. The van der Waals surface area contributed by atoms with Crippen LogP contribution in [0.15, 0.2) is 91.3 Å². The van der Waals surface area contributed by atoms with Gasteiger partial charge in [0.2, 0.25) is 0 Å². The molecule has 1 aliphatic heterocycles. The van der Waals surface area contributed by atoms with Gasteiger partial charge in [0.15, 0.2) is 0 Å². The lowest BCUT2D eigenvalue weighted by atomic mass is 9.99. The molecule has 2 N–H and O–H groups in total. The Morgan fingerprint density at radius 3 is 2.49 bits per heavy atom. The number of halogens is 3. The van der Waals surface area contributed by atoms with Crippen LogP contribution in [0.25, 0.3) is 33.4 Å². The minimum absolute atomic E-state index is 0.299. The third kappa shape index (κ3) is 9.56. The van der Waals surface area contributed by atoms with Crippen LogP contribution < -0.4 is 15.0 Å². The van der Waals surface area contributed by atoms with Crippen molar-refractivity contribution in [2.24, 2.45) is 0 Å². The number of aromatic amines is 1. The molecule has 2 aromatic heterocycles. The van der Waals surface area contributed by atoms with Crippen molar-refractivity contribution in [1.29, 1.82) is 0 Å². The number of benzene rings is 4. The highest BCUT2D eigenvalue weighted by molar-refractivity contribution is 6.35. The van der Waals surface area contributed by atoms with E-state index in [1.165, 1.54) is 0 Å². The van der Waals surface area contributed by atoms with Gasteiger partial charge in [-0.3, -0.25) is 9.59 Å². The van der Waals surface area contributed by atoms with Gasteiger partial charge in [0.05, 0.1) is 48.3 Å². The normalized spacial score (nSPS) is 13.8. The van der Waals surface area contributed by atoms with Crippen LogP contribution in [0, 0.1) is 0 Å². The summed E-state index contributed by atoms with van der Waals surface area (Å²) in [7, 11) is 3.74. The van der Waals surface area contributed by atoms with Crippen molar-refractivity contribution in [1.82, 2.24) is 19.4 Å². The highest BCUT2D eigenvalue weighted by atomic mass is 35.5. The minimum Gasteiger partial charge on any atom is -0.491 e. The van der Waals surface area contributed by atoms with Gasteiger partial charge < -0.3 is 38.9 Å². The molecule has 6 aromatic rings. The van der Waals surface area contributed by atoms with Gasteiger partial charge in [0.1, 0.15) is 18.1 Å². The Morgan fingerprint density at radius 1 is 0.983 bits per heavy atom. The topological polar surface area (TPSA) is 114 Å². The van der Waals surface area contributed by atoms with E-state index in [1.54, 1.807) is 19.5 Å². The number of H-pyrrole nitrogens is 1. The summed E-state index contributed by atoms with van der Waals surface area (Å²) in [5.41, 5.74) is 6.37. The van der Waals surface area contributed by atoms with Gasteiger partial charge in [-0.1, -0.05) is 77.3 Å². The quantitative estimate of drug-likeness (QED) is 0.0689. The molecule has 0 bridgehead atoms. The zero-order chi connectivity index (χ0) is 41.5. The van der Waals surface area contributed by atoms with Gasteiger partial charge in [0.25, 0.3) is 12.4 Å². The molecule has 1 amide bonds. The van der Waals surface area contributed by atoms with E-state index in [1.807, 2.05) is 85.8 Å². The van der Waals surface area contributed by atoms with Crippen molar-refractivity contribution in [3.05, 3.63) is 118 Å². The third-order valence-corrected chi connectivity index (χ3v) is 11.7. The summed E-state index contributed by atoms with van der Waals surface area (Å²) in [5.74, 6) is 0.258. The predicted molar refractivity (Wildman–Crippen MR) is 237 cm³/mol. The summed E-state index contributed by atoms with van der Waals surface area (Å²) < 4.78 is 18.2. The standard InChI is InChI=1S/C45H47Cl3N6O5/c1-29(35-13-10-31(46)24-37(35)48)54-27-49-42(30-8-5-4-6-9-30)44(54)41-36-14-11-32(47)25-38(36)50-43(41)45(56)51-39-26-34(59-23-22-57-3)12-15-40(39)53-19-16-33(17-20-53)52(2)18-7-21-58-28-55/h4-6,8-15,24-29,33,50H,7,16-23H2,1-3H3,(H,51,56). The molecule has 1 aliphatic rings. The summed E-state index contributed by atoms with van der Waals surface area (Å²) in [6, 6.07) is 26.8. The summed E-state index contributed by atoms with van der Waals surface area (Å²) in [6.45, 7) is 6.13. The predicted octanol–water partition coefficient (Wildman–Crippen LogP) is 10.0. The number of amides is 1. The van der Waals surface area contributed by atoms with Crippen molar-refractivity contribution >= 4 is 69.5 Å². The fourth-order valence-electron chi connectivity index (χ4n) is 7.87. The molecular formula is C45H47Cl3N6O5. The monoisotopic (exact) mass is 856 g/mol. The molecular weight excluding hydrogens is 811 g/mol. The number of imidazole rings is 1. The lowest BCUT2D eigenvalue weighted by Crippen LogP contribution is -2.44. The molecule has 0 saturated carbocycles. The Balaban J connectivity index is 1.29. The molecule has 3 heterocycles. The Hall–Kier alpha value is -5.04. The molecule has 59 heavy (non-hydrogen) atoms. The van der Waals surface area contributed by atoms with E-state index in [0.717, 1.165) is 66.8 Å². The second-order valence-corrected chi connectivity index (χ2v) is 15.9. The number of anilines is 2. The van der Waals surface area contributed by atoms with E-state index in [9.17, 15) is 4.79 Å². The van der Waals surface area contributed by atoms with E-state index in [0.29, 0.717) is 81.3 Å². The van der Waals surface area contributed by atoms with E-state index < -0.39 is 0 Å². The van der Waals surface area contributed by atoms with Gasteiger partial charge in [-0.2, -0.15) is 0 Å². The molecule has 0 aliphatic carbocycles. The number of nitrogens with zero attached hydrogens (tertiary/aromatic N) is 4. The van der Waals surface area contributed by atoms with E-state index in [-0.39, 0.29) is 11.9 Å². The lowest BCUT2D eigenvalue weighted by molar-refractivity contribution is -0.128. The fraction of sp³-hybridized carbons (Fsp3) is 0.311. The first-order valence-electron chi connectivity index (χ1n) is 19.6. The maximum absolute atomic E-state index is 15.0. The highest BCUT2D eigenvalue weighted by Gasteiger charge is 2.30. The molecule has 0 spiro atoms. The van der Waals surface area contributed by atoms with Crippen LogP contribution in [0.1, 0.15) is 48.3 Å². The molecule has 7 rings (SSSR count). The first-order valence-corrected chi connectivity index (χ1v) is 20.8. The number of hydrogen-bond acceptors (Lipinski definition) is 8. The summed E-state index contributed by atoms with van der Waals surface area (Å²) in [6.07, 6.45) is 4.43. The largest absolute Gasteiger partial charge is 0.491 e. The lowest BCUT2D eigenvalue weighted by Gasteiger charge is -2.38. The van der Waals surface area contributed by atoms with Crippen LogP contribution in [0.4, 0.5) is 11.4 Å². The number of aromatic nitrogens is 3. The van der Waals surface area contributed by atoms with Crippen molar-refractivity contribution in [2.45, 2.75) is 38.3 Å². The zero-order valence-corrected chi connectivity index (χ0v) is 35.5. The average Bonchev–Trinajstić information content (AvgIpc) is 3.84. The number of rotatable bonds is 17. The van der Waals surface area contributed by atoms with Crippen molar-refractivity contribution in [2.75, 3.05) is 63.8 Å². The second kappa shape index (κ2) is 19.4. The van der Waals surface area contributed by atoms with Gasteiger partial charge >= 0.3 is 0 Å². The van der Waals surface area contributed by atoms with Crippen LogP contribution >= 0.6 is 34.8 Å². The van der Waals surface area contributed by atoms with Crippen LogP contribution in [0.3, 0.4) is 0 Å². The zero-order valence-electron chi connectivity index (χ0n) is 33.2. The Morgan fingerprint density at radius 2 is 1.75 bits per heavy atom. The molecule has 308 valence electrons. The number of fused-ring (bicyclic) bond motifs is 1. The molecule has 1 atom stereocenters. The number of methoxy groups -OCH3 is 1. The summed E-state index contributed by atoms with van der Waals surface area (Å²) in [4.78, 5) is 38.6. The number of piperidine rings is 1. The summed E-state index contributed by atoms with van der Waals surface area (Å²) >= 11 is 19.7. The number of carbonyl (C=O) groups is 2. The maximum atomic E-state index is 15.0. The number of carbonyl (C=O) groups excluding carboxylic acids is 2.